The van der Waals surface area contributed by atoms with E-state index < -0.39 is 10.0 Å². The third-order valence-electron chi connectivity index (χ3n) is 4.87. The lowest BCUT2D eigenvalue weighted by Crippen LogP contribution is -2.36. The Labute approximate surface area is 175 Å². The Hall–Kier alpha value is -3.07. The summed E-state index contributed by atoms with van der Waals surface area (Å²) in [4.78, 5) is 14.6. The van der Waals surface area contributed by atoms with Crippen molar-refractivity contribution in [3.8, 4) is 11.5 Å². The number of sulfonamides is 1. The van der Waals surface area contributed by atoms with Crippen LogP contribution in [0.2, 0.25) is 0 Å². The smallest absolute Gasteiger partial charge is 0.286 e. The molecule has 158 valence electrons. The van der Waals surface area contributed by atoms with E-state index in [-0.39, 0.29) is 29.7 Å². The predicted molar refractivity (Wildman–Crippen MR) is 113 cm³/mol. The second-order valence-corrected chi connectivity index (χ2v) is 9.24. The molecule has 0 aliphatic carbocycles. The number of benzene rings is 2. The van der Waals surface area contributed by atoms with Gasteiger partial charge in [-0.25, -0.2) is 0 Å². The van der Waals surface area contributed by atoms with Crippen LogP contribution in [0, 0.1) is 5.92 Å². The largest absolute Gasteiger partial charge is 0.454 e. The maximum Gasteiger partial charge on any atom is 0.286 e. The van der Waals surface area contributed by atoms with Crippen molar-refractivity contribution in [3.63, 3.8) is 0 Å². The van der Waals surface area contributed by atoms with E-state index in [4.69, 9.17) is 9.47 Å². The first-order valence-electron chi connectivity index (χ1n) is 9.64. The highest BCUT2D eigenvalue weighted by molar-refractivity contribution is 7.90. The fourth-order valence-electron chi connectivity index (χ4n) is 3.46. The lowest BCUT2D eigenvalue weighted by Gasteiger charge is -2.30. The summed E-state index contributed by atoms with van der Waals surface area (Å²) in [7, 11) is -3.85. The van der Waals surface area contributed by atoms with Crippen molar-refractivity contribution in [1.29, 1.82) is 0 Å². The molecule has 0 spiro atoms. The Morgan fingerprint density at radius 3 is 2.70 bits per heavy atom. The molecule has 4 rings (SSSR count). The van der Waals surface area contributed by atoms with Crippen LogP contribution in [0.25, 0.3) is 0 Å². The minimum Gasteiger partial charge on any atom is -0.454 e. The number of amides is 1. The fraction of sp³-hybridized carbons (Fsp3) is 0.333. The molecule has 2 heterocycles. The molecule has 2 aliphatic rings. The van der Waals surface area contributed by atoms with Crippen molar-refractivity contribution in [2.75, 3.05) is 18.2 Å². The van der Waals surface area contributed by atoms with Crippen LogP contribution in [0.3, 0.4) is 0 Å². The van der Waals surface area contributed by atoms with Gasteiger partial charge in [-0.2, -0.15) is 8.42 Å². The molecule has 0 saturated heterocycles. The number of carbonyl (C=O) groups excluding carboxylic acids is 1. The van der Waals surface area contributed by atoms with Crippen LogP contribution in [0.4, 0.5) is 5.69 Å². The van der Waals surface area contributed by atoms with Gasteiger partial charge in [0.1, 0.15) is 10.7 Å². The second kappa shape index (κ2) is 7.64. The van der Waals surface area contributed by atoms with E-state index in [9.17, 15) is 13.2 Å². The van der Waals surface area contributed by atoms with Crippen molar-refractivity contribution in [2.24, 2.45) is 10.3 Å². The van der Waals surface area contributed by atoms with Crippen LogP contribution in [-0.2, 0) is 16.6 Å². The number of nitrogens with zero attached hydrogens (tertiary/aromatic N) is 2. The number of anilines is 1. The van der Waals surface area contributed by atoms with Crippen LogP contribution in [-0.4, -0.2) is 33.5 Å². The minimum atomic E-state index is -3.85. The monoisotopic (exact) mass is 429 g/mol. The molecule has 8 nitrogen and oxygen atoms in total. The van der Waals surface area contributed by atoms with Gasteiger partial charge in [0.2, 0.25) is 6.79 Å². The first-order valence-corrected chi connectivity index (χ1v) is 11.1. The Kier molecular flexibility index (Phi) is 5.15. The third kappa shape index (κ3) is 3.85. The Morgan fingerprint density at radius 1 is 1.17 bits per heavy atom. The van der Waals surface area contributed by atoms with Crippen LogP contribution >= 0.6 is 0 Å². The molecule has 2 aromatic carbocycles. The highest BCUT2D eigenvalue weighted by atomic mass is 32.2. The van der Waals surface area contributed by atoms with E-state index in [1.165, 1.54) is 6.07 Å². The maximum absolute atomic E-state index is 12.7. The van der Waals surface area contributed by atoms with Gasteiger partial charge in [0.25, 0.3) is 15.9 Å². The van der Waals surface area contributed by atoms with E-state index in [1.807, 2.05) is 24.8 Å². The van der Waals surface area contributed by atoms with Crippen molar-refractivity contribution in [3.05, 3.63) is 47.5 Å². The van der Waals surface area contributed by atoms with Crippen LogP contribution < -0.4 is 19.7 Å². The molecule has 0 radical (unpaired) electrons. The van der Waals surface area contributed by atoms with Gasteiger partial charge in [-0.3, -0.25) is 4.79 Å². The van der Waals surface area contributed by atoms with Crippen molar-refractivity contribution < 1.29 is 22.7 Å². The molecule has 1 amide bonds. The third-order valence-corrected chi connectivity index (χ3v) is 6.26. The van der Waals surface area contributed by atoms with Gasteiger partial charge in [-0.1, -0.05) is 19.9 Å². The topological polar surface area (TPSA) is 97.3 Å². The van der Waals surface area contributed by atoms with Gasteiger partial charge in [-0.15, -0.1) is 4.40 Å². The average molecular weight is 429 g/mol. The van der Waals surface area contributed by atoms with E-state index in [2.05, 4.69) is 9.71 Å². The maximum atomic E-state index is 12.7. The zero-order valence-corrected chi connectivity index (χ0v) is 17.8. The molecule has 0 fully saturated rings. The summed E-state index contributed by atoms with van der Waals surface area (Å²) in [6.45, 7) is 6.87. The van der Waals surface area contributed by atoms with Gasteiger partial charge in [0.05, 0.1) is 5.69 Å². The van der Waals surface area contributed by atoms with E-state index in [1.54, 1.807) is 31.2 Å². The zero-order chi connectivity index (χ0) is 21.5. The highest BCUT2D eigenvalue weighted by Crippen LogP contribution is 2.34. The summed E-state index contributed by atoms with van der Waals surface area (Å²) in [5.41, 5.74) is 1.65. The fourth-order valence-corrected chi connectivity index (χ4v) is 4.73. The standard InChI is InChI=1S/C21H23N3O5S/c1-13(2)11-24-14(3)23-30(26,27)20-9-16(5-6-17(20)24)21(25)22-10-15-4-7-18-19(8-15)29-12-28-18/h4-9,13H,10-12H2,1-3H3,(H,22,25). The van der Waals surface area contributed by atoms with Gasteiger partial charge in [-0.05, 0) is 48.7 Å². The summed E-state index contributed by atoms with van der Waals surface area (Å²) in [6.07, 6.45) is 0. The normalized spacial score (nSPS) is 16.3. The quantitative estimate of drug-likeness (QED) is 0.785. The number of hydrogen-bond donors (Lipinski definition) is 1. The molecular weight excluding hydrogens is 406 g/mol. The summed E-state index contributed by atoms with van der Waals surface area (Å²) < 4.78 is 39.7. The average Bonchev–Trinajstić information content (AvgIpc) is 3.16. The molecule has 2 aliphatic heterocycles. The van der Waals surface area contributed by atoms with Crippen molar-refractivity contribution >= 4 is 27.5 Å². The molecule has 0 unspecified atom stereocenters. The lowest BCUT2D eigenvalue weighted by atomic mass is 10.1. The number of hydrogen-bond acceptors (Lipinski definition) is 6. The molecule has 0 aromatic heterocycles. The van der Waals surface area contributed by atoms with Crippen molar-refractivity contribution in [1.82, 2.24) is 5.32 Å². The van der Waals surface area contributed by atoms with E-state index in [0.29, 0.717) is 35.5 Å². The molecule has 0 atom stereocenters. The lowest BCUT2D eigenvalue weighted by molar-refractivity contribution is 0.0950. The van der Waals surface area contributed by atoms with Gasteiger partial charge < -0.3 is 19.7 Å². The summed E-state index contributed by atoms with van der Waals surface area (Å²) in [5.74, 6) is 1.68. The SMILES string of the molecule is CC1=NS(=O)(=O)c2cc(C(=O)NCc3ccc4c(c3)OCO4)ccc2N1CC(C)C. The van der Waals surface area contributed by atoms with Gasteiger partial charge >= 0.3 is 0 Å². The molecule has 9 heteroatoms. The predicted octanol–water partition coefficient (Wildman–Crippen LogP) is 2.93. The Balaban J connectivity index is 1.55. The number of carbonyl (C=O) groups is 1. The van der Waals surface area contributed by atoms with Gasteiger partial charge in [0, 0.05) is 18.7 Å². The number of nitrogens with one attached hydrogen (secondary N) is 1. The van der Waals surface area contributed by atoms with Crippen LogP contribution in [0.1, 0.15) is 36.7 Å². The highest BCUT2D eigenvalue weighted by Gasteiger charge is 2.30. The number of rotatable bonds is 5. The second-order valence-electron chi connectivity index (χ2n) is 7.67. The Bertz CT molecular complexity index is 1140. The molecule has 0 bridgehead atoms. The van der Waals surface area contributed by atoms with E-state index in [0.717, 1.165) is 5.56 Å². The summed E-state index contributed by atoms with van der Waals surface area (Å²) in [5, 5.41) is 2.81. The first-order chi connectivity index (χ1) is 14.2. The molecular formula is C21H23N3O5S. The van der Waals surface area contributed by atoms with E-state index >= 15 is 0 Å². The van der Waals surface area contributed by atoms with Crippen LogP contribution in [0.15, 0.2) is 45.7 Å². The summed E-state index contributed by atoms with van der Waals surface area (Å²) in [6, 6.07) is 10.1. The summed E-state index contributed by atoms with van der Waals surface area (Å²) >= 11 is 0. The number of fused-ring (bicyclic) bond motifs is 2. The Morgan fingerprint density at radius 2 is 1.93 bits per heavy atom. The molecule has 1 N–H and O–H groups in total. The van der Waals surface area contributed by atoms with Crippen LogP contribution in [0.5, 0.6) is 11.5 Å². The molecule has 30 heavy (non-hydrogen) atoms. The molecule has 2 aromatic rings. The van der Waals surface area contributed by atoms with Crippen molar-refractivity contribution in [2.45, 2.75) is 32.2 Å². The number of amidine groups is 1. The number of ether oxygens (including phenoxy) is 2. The first kappa shape index (κ1) is 20.2. The zero-order valence-electron chi connectivity index (χ0n) is 17.0. The van der Waals surface area contributed by atoms with Gasteiger partial charge in [0.15, 0.2) is 11.5 Å². The minimum absolute atomic E-state index is 0.0458. The molecule has 0 saturated carbocycles.